The predicted molar refractivity (Wildman–Crippen MR) is 110 cm³/mol. The van der Waals surface area contributed by atoms with Gasteiger partial charge in [-0.3, -0.25) is 14.3 Å². The van der Waals surface area contributed by atoms with E-state index in [2.05, 4.69) is 19.3 Å². The van der Waals surface area contributed by atoms with Crippen molar-refractivity contribution in [1.29, 1.82) is 0 Å². The van der Waals surface area contributed by atoms with Crippen LogP contribution < -0.4 is 10.3 Å². The van der Waals surface area contributed by atoms with Crippen molar-refractivity contribution in [1.82, 2.24) is 19.4 Å². The van der Waals surface area contributed by atoms with Crippen LogP contribution in [0.25, 0.3) is 0 Å². The number of likely N-dealkylation sites (tertiary alicyclic amines) is 1. The molecular formula is C18H23N5O4S2. The molecule has 1 amide bonds. The molecule has 0 aliphatic carbocycles. The first-order valence-electron chi connectivity index (χ1n) is 9.59. The Morgan fingerprint density at radius 3 is 2.93 bits per heavy atom. The Morgan fingerprint density at radius 2 is 2.14 bits per heavy atom. The van der Waals surface area contributed by atoms with E-state index in [-0.39, 0.29) is 28.9 Å². The van der Waals surface area contributed by atoms with Crippen LogP contribution in [0, 0.1) is 0 Å². The summed E-state index contributed by atoms with van der Waals surface area (Å²) in [4.78, 5) is 34.9. The van der Waals surface area contributed by atoms with Crippen LogP contribution in [-0.4, -0.2) is 53.1 Å². The SMILES string of the molecule is CS(=O)(=O)Nc1nc(CC(=O)N2CCCC(c3cc(=O)nc4n3CCC4)C2)cs1. The second kappa shape index (κ2) is 7.86. The summed E-state index contributed by atoms with van der Waals surface area (Å²) < 4.78 is 27.1. The van der Waals surface area contributed by atoms with Crippen molar-refractivity contribution in [2.75, 3.05) is 24.1 Å². The molecule has 0 aromatic carbocycles. The van der Waals surface area contributed by atoms with Crippen LogP contribution in [0.4, 0.5) is 5.13 Å². The zero-order chi connectivity index (χ0) is 20.6. The largest absolute Gasteiger partial charge is 0.342 e. The monoisotopic (exact) mass is 437 g/mol. The fourth-order valence-electron chi connectivity index (χ4n) is 4.06. The minimum absolute atomic E-state index is 0.0380. The van der Waals surface area contributed by atoms with Crippen LogP contribution in [-0.2, 0) is 34.2 Å². The molecule has 4 rings (SSSR count). The summed E-state index contributed by atoms with van der Waals surface area (Å²) in [6, 6.07) is 1.62. The molecule has 1 saturated heterocycles. The van der Waals surface area contributed by atoms with Crippen molar-refractivity contribution in [3.63, 3.8) is 0 Å². The Morgan fingerprint density at radius 1 is 1.31 bits per heavy atom. The summed E-state index contributed by atoms with van der Waals surface area (Å²) in [6.45, 7) is 2.12. The molecule has 0 saturated carbocycles. The van der Waals surface area contributed by atoms with Crippen LogP contribution in [0.2, 0.25) is 0 Å². The van der Waals surface area contributed by atoms with E-state index in [1.807, 2.05) is 4.90 Å². The van der Waals surface area contributed by atoms with Crippen LogP contribution >= 0.6 is 11.3 Å². The van der Waals surface area contributed by atoms with E-state index in [9.17, 15) is 18.0 Å². The van der Waals surface area contributed by atoms with Gasteiger partial charge in [0.15, 0.2) is 5.13 Å². The predicted octanol–water partition coefficient (Wildman–Crippen LogP) is 0.966. The number of rotatable bonds is 5. The zero-order valence-corrected chi connectivity index (χ0v) is 17.8. The van der Waals surface area contributed by atoms with Crippen molar-refractivity contribution >= 4 is 32.4 Å². The number of fused-ring (bicyclic) bond motifs is 1. The second-order valence-corrected chi connectivity index (χ2v) is 10.2. The van der Waals surface area contributed by atoms with Gasteiger partial charge in [-0.1, -0.05) is 0 Å². The molecule has 2 aliphatic rings. The molecule has 156 valence electrons. The minimum Gasteiger partial charge on any atom is -0.342 e. The third-order valence-corrected chi connectivity index (χ3v) is 6.77. The number of hydrogen-bond acceptors (Lipinski definition) is 7. The van der Waals surface area contributed by atoms with Crippen LogP contribution in [0.1, 0.15) is 42.4 Å². The molecule has 1 N–H and O–H groups in total. The quantitative estimate of drug-likeness (QED) is 0.745. The number of carbonyl (C=O) groups is 1. The molecule has 2 aromatic heterocycles. The lowest BCUT2D eigenvalue weighted by atomic mass is 9.93. The number of nitrogens with one attached hydrogen (secondary N) is 1. The van der Waals surface area contributed by atoms with Gasteiger partial charge in [0.1, 0.15) is 5.82 Å². The first-order valence-corrected chi connectivity index (χ1v) is 12.4. The average Bonchev–Trinajstić information content (AvgIpc) is 3.29. The maximum atomic E-state index is 12.8. The number of hydrogen-bond donors (Lipinski definition) is 1. The molecule has 11 heteroatoms. The molecule has 9 nitrogen and oxygen atoms in total. The molecule has 0 spiro atoms. The van der Waals surface area contributed by atoms with Gasteiger partial charge in [-0.2, -0.15) is 4.98 Å². The van der Waals surface area contributed by atoms with Crippen LogP contribution in [0.3, 0.4) is 0 Å². The van der Waals surface area contributed by atoms with Crippen molar-refractivity contribution in [2.24, 2.45) is 0 Å². The number of aromatic nitrogens is 3. The lowest BCUT2D eigenvalue weighted by Crippen LogP contribution is -2.41. The normalized spacial score (nSPS) is 19.2. The number of carbonyl (C=O) groups excluding carboxylic acids is 1. The first-order chi connectivity index (χ1) is 13.8. The summed E-state index contributed by atoms with van der Waals surface area (Å²) in [6.07, 6.45) is 4.82. The first kappa shape index (κ1) is 20.0. The van der Waals surface area contributed by atoms with Gasteiger partial charge in [0.25, 0.3) is 5.56 Å². The minimum atomic E-state index is -3.39. The Bertz CT molecular complexity index is 1090. The molecule has 1 fully saturated rings. The zero-order valence-electron chi connectivity index (χ0n) is 16.1. The van der Waals surface area contributed by atoms with Gasteiger partial charge in [-0.25, -0.2) is 13.4 Å². The Balaban J connectivity index is 1.45. The molecule has 4 heterocycles. The molecular weight excluding hydrogens is 414 g/mol. The maximum absolute atomic E-state index is 12.8. The van der Waals surface area contributed by atoms with Crippen molar-refractivity contribution in [2.45, 2.75) is 44.6 Å². The van der Waals surface area contributed by atoms with E-state index >= 15 is 0 Å². The fourth-order valence-corrected chi connectivity index (χ4v) is 5.62. The lowest BCUT2D eigenvalue weighted by molar-refractivity contribution is -0.131. The van der Waals surface area contributed by atoms with E-state index in [0.29, 0.717) is 18.8 Å². The Hall–Kier alpha value is -2.27. The highest BCUT2D eigenvalue weighted by Crippen LogP contribution is 2.29. The van der Waals surface area contributed by atoms with Gasteiger partial charge >= 0.3 is 0 Å². The van der Waals surface area contributed by atoms with E-state index < -0.39 is 10.0 Å². The number of aryl methyl sites for hydroxylation is 1. The van der Waals surface area contributed by atoms with Gasteiger partial charge in [0.05, 0.1) is 18.4 Å². The van der Waals surface area contributed by atoms with Crippen molar-refractivity contribution in [3.05, 3.63) is 39.0 Å². The van der Waals surface area contributed by atoms with Crippen molar-refractivity contribution in [3.8, 4) is 0 Å². The topological polar surface area (TPSA) is 114 Å². The highest BCUT2D eigenvalue weighted by Gasteiger charge is 2.28. The number of nitrogens with zero attached hydrogens (tertiary/aromatic N) is 4. The molecule has 0 bridgehead atoms. The van der Waals surface area contributed by atoms with Crippen LogP contribution in [0.5, 0.6) is 0 Å². The van der Waals surface area contributed by atoms with E-state index in [1.165, 1.54) is 0 Å². The summed E-state index contributed by atoms with van der Waals surface area (Å²) in [5.41, 5.74) is 1.34. The fraction of sp³-hybridized carbons (Fsp3) is 0.556. The van der Waals surface area contributed by atoms with Gasteiger partial charge in [-0.05, 0) is 19.3 Å². The average molecular weight is 438 g/mol. The third kappa shape index (κ3) is 4.67. The van der Waals surface area contributed by atoms with Gasteiger partial charge in [-0.15, -0.1) is 11.3 Å². The molecule has 1 unspecified atom stereocenters. The van der Waals surface area contributed by atoms with E-state index in [0.717, 1.165) is 61.3 Å². The molecule has 0 radical (unpaired) electrons. The second-order valence-electron chi connectivity index (χ2n) is 7.56. The van der Waals surface area contributed by atoms with Crippen molar-refractivity contribution < 1.29 is 13.2 Å². The molecule has 29 heavy (non-hydrogen) atoms. The number of piperidine rings is 1. The number of thiazole rings is 1. The molecule has 1 atom stereocenters. The summed E-state index contributed by atoms with van der Waals surface area (Å²) >= 11 is 1.16. The van der Waals surface area contributed by atoms with E-state index in [1.54, 1.807) is 11.4 Å². The van der Waals surface area contributed by atoms with Crippen LogP contribution in [0.15, 0.2) is 16.2 Å². The standard InChI is InChI=1S/C18H23N5O4S2/c1-29(26,27)21-18-19-13(11-28-18)8-17(25)22-6-2-4-12(10-22)14-9-16(24)20-15-5-3-7-23(14)15/h9,11-12H,2-8,10H2,1H3,(H,19,21). The number of sulfonamides is 1. The summed E-state index contributed by atoms with van der Waals surface area (Å²) in [5.74, 6) is 0.937. The molecule has 2 aliphatic heterocycles. The highest BCUT2D eigenvalue weighted by atomic mass is 32.2. The Kier molecular flexibility index (Phi) is 5.43. The summed E-state index contributed by atoms with van der Waals surface area (Å²) in [5, 5.41) is 1.96. The van der Waals surface area contributed by atoms with Gasteiger partial charge in [0, 0.05) is 49.1 Å². The lowest BCUT2D eigenvalue weighted by Gasteiger charge is -2.34. The Labute approximate surface area is 172 Å². The number of amides is 1. The van der Waals surface area contributed by atoms with Gasteiger partial charge in [0.2, 0.25) is 15.9 Å². The number of anilines is 1. The molecule has 2 aromatic rings. The highest BCUT2D eigenvalue weighted by molar-refractivity contribution is 7.92. The van der Waals surface area contributed by atoms with E-state index in [4.69, 9.17) is 0 Å². The third-order valence-electron chi connectivity index (χ3n) is 5.27. The smallest absolute Gasteiger partial charge is 0.273 e. The van der Waals surface area contributed by atoms with Gasteiger partial charge < -0.3 is 9.47 Å². The summed E-state index contributed by atoms with van der Waals surface area (Å²) in [7, 11) is -3.39. The maximum Gasteiger partial charge on any atom is 0.273 e.